The third-order valence-corrected chi connectivity index (χ3v) is 2.82. The van der Waals surface area contributed by atoms with E-state index in [4.69, 9.17) is 0 Å². The number of rotatable bonds is 1. The Bertz CT molecular complexity index is 260. The van der Waals surface area contributed by atoms with E-state index in [-0.39, 0.29) is 11.2 Å². The molecule has 0 spiro atoms. The van der Waals surface area contributed by atoms with Gasteiger partial charge in [-0.25, -0.2) is 0 Å². The molecule has 0 aromatic carbocycles. The van der Waals surface area contributed by atoms with Crippen LogP contribution < -0.4 is 0 Å². The Kier molecular flexibility index (Phi) is 2.22. The molecular weight excluding hydrogens is 148 g/mol. The maximum absolute atomic E-state index is 11.2. The average Bonchev–Trinajstić information content (AvgIpc) is 1.97. The van der Waals surface area contributed by atoms with Crippen molar-refractivity contribution in [2.75, 3.05) is 0 Å². The summed E-state index contributed by atoms with van der Waals surface area (Å²) in [5.74, 6) is 0.286. The maximum Gasteiger partial charge on any atom is 0.158 e. The maximum atomic E-state index is 11.2. The van der Waals surface area contributed by atoms with Crippen molar-refractivity contribution in [3.63, 3.8) is 0 Å². The van der Waals surface area contributed by atoms with Crippen molar-refractivity contribution in [1.29, 1.82) is 0 Å². The second-order valence-corrected chi connectivity index (χ2v) is 3.95. The molecule has 66 valence electrons. The second-order valence-electron chi connectivity index (χ2n) is 3.95. The Morgan fingerprint density at radius 3 is 2.67 bits per heavy atom. The van der Waals surface area contributed by atoms with Gasteiger partial charge in [-0.2, -0.15) is 0 Å². The first-order valence-electron chi connectivity index (χ1n) is 4.34. The van der Waals surface area contributed by atoms with Crippen LogP contribution in [0.1, 0.15) is 33.6 Å². The fourth-order valence-corrected chi connectivity index (χ4v) is 1.54. The van der Waals surface area contributed by atoms with Crippen LogP contribution in [0.25, 0.3) is 0 Å². The molecule has 0 aromatic heterocycles. The topological polar surface area (TPSA) is 17.1 Å². The average molecular weight is 164 g/mol. The van der Waals surface area contributed by atoms with E-state index in [0.29, 0.717) is 6.42 Å². The highest BCUT2D eigenvalue weighted by Gasteiger charge is 2.28. The fraction of sp³-hybridized carbons (Fsp3) is 0.545. The van der Waals surface area contributed by atoms with E-state index in [1.54, 1.807) is 0 Å². The number of ketones is 1. The molecule has 1 heteroatoms. The largest absolute Gasteiger partial charge is 0.295 e. The summed E-state index contributed by atoms with van der Waals surface area (Å²) in [7, 11) is 0. The summed E-state index contributed by atoms with van der Waals surface area (Å²) < 4.78 is 0. The van der Waals surface area contributed by atoms with Gasteiger partial charge < -0.3 is 0 Å². The summed E-state index contributed by atoms with van der Waals surface area (Å²) in [5.41, 5.74) is 2.10. The van der Waals surface area contributed by atoms with Crippen molar-refractivity contribution in [3.8, 4) is 0 Å². The van der Waals surface area contributed by atoms with Crippen LogP contribution in [0.3, 0.4) is 0 Å². The Morgan fingerprint density at radius 2 is 2.25 bits per heavy atom. The van der Waals surface area contributed by atoms with Crippen molar-refractivity contribution in [3.05, 3.63) is 23.8 Å². The number of allylic oxidation sites excluding steroid dienone is 3. The lowest BCUT2D eigenvalue weighted by molar-refractivity contribution is -0.116. The SMILES string of the molecule is C=C(C)[C@@]1(C)C=C(C)C(=O)CC1. The quantitative estimate of drug-likeness (QED) is 0.545. The molecule has 0 saturated heterocycles. The van der Waals surface area contributed by atoms with E-state index in [2.05, 4.69) is 19.6 Å². The molecule has 1 rings (SSSR count). The molecule has 0 aliphatic heterocycles. The van der Waals surface area contributed by atoms with E-state index in [0.717, 1.165) is 17.6 Å². The highest BCUT2D eigenvalue weighted by Crippen LogP contribution is 2.37. The van der Waals surface area contributed by atoms with E-state index in [1.165, 1.54) is 0 Å². The zero-order valence-electron chi connectivity index (χ0n) is 8.11. The molecule has 0 aromatic rings. The smallest absolute Gasteiger partial charge is 0.158 e. The van der Waals surface area contributed by atoms with Crippen molar-refractivity contribution < 1.29 is 4.79 Å². The molecule has 0 fully saturated rings. The molecule has 0 saturated carbocycles. The lowest BCUT2D eigenvalue weighted by atomic mass is 9.73. The second kappa shape index (κ2) is 2.89. The van der Waals surface area contributed by atoms with Crippen LogP contribution in [0.15, 0.2) is 23.8 Å². The lowest BCUT2D eigenvalue weighted by Gasteiger charge is -2.30. The summed E-state index contributed by atoms with van der Waals surface area (Å²) in [6.07, 6.45) is 3.64. The van der Waals surface area contributed by atoms with Gasteiger partial charge in [-0.3, -0.25) is 4.79 Å². The van der Waals surface area contributed by atoms with Gasteiger partial charge in [-0.1, -0.05) is 25.2 Å². The summed E-state index contributed by atoms with van der Waals surface area (Å²) in [6.45, 7) is 10.0. The van der Waals surface area contributed by atoms with Gasteiger partial charge in [0.1, 0.15) is 0 Å². The first-order chi connectivity index (χ1) is 5.46. The van der Waals surface area contributed by atoms with Crippen molar-refractivity contribution in [2.24, 2.45) is 5.41 Å². The standard InChI is InChI=1S/C11H16O/c1-8(2)11(4)6-5-10(12)9(3)7-11/h7H,1,5-6H2,2-4H3/t11-/m1/s1. The van der Waals surface area contributed by atoms with Gasteiger partial charge in [0.05, 0.1) is 0 Å². The molecule has 0 heterocycles. The fourth-order valence-electron chi connectivity index (χ4n) is 1.54. The molecule has 0 unspecified atom stereocenters. The van der Waals surface area contributed by atoms with Gasteiger partial charge >= 0.3 is 0 Å². The van der Waals surface area contributed by atoms with Crippen LogP contribution >= 0.6 is 0 Å². The summed E-state index contributed by atoms with van der Waals surface area (Å²) in [6, 6.07) is 0. The first-order valence-corrected chi connectivity index (χ1v) is 4.34. The number of hydrogen-bond donors (Lipinski definition) is 0. The van der Waals surface area contributed by atoms with Gasteiger partial charge in [0.2, 0.25) is 0 Å². The highest BCUT2D eigenvalue weighted by molar-refractivity contribution is 5.95. The van der Waals surface area contributed by atoms with Crippen LogP contribution in [0, 0.1) is 5.41 Å². The van der Waals surface area contributed by atoms with Crippen molar-refractivity contribution in [2.45, 2.75) is 33.6 Å². The summed E-state index contributed by atoms with van der Waals surface area (Å²) >= 11 is 0. The third kappa shape index (κ3) is 1.50. The number of carbonyl (C=O) groups excluding carboxylic acids is 1. The Labute approximate surface area is 74.2 Å². The van der Waals surface area contributed by atoms with Crippen molar-refractivity contribution >= 4 is 5.78 Å². The molecule has 0 radical (unpaired) electrons. The lowest BCUT2D eigenvalue weighted by Crippen LogP contribution is -2.22. The number of hydrogen-bond acceptors (Lipinski definition) is 1. The minimum atomic E-state index is 0.0536. The Hall–Kier alpha value is -0.850. The minimum Gasteiger partial charge on any atom is -0.295 e. The van der Waals surface area contributed by atoms with Gasteiger partial charge in [0.15, 0.2) is 5.78 Å². The van der Waals surface area contributed by atoms with Crippen LogP contribution in [0.5, 0.6) is 0 Å². The zero-order valence-corrected chi connectivity index (χ0v) is 8.11. The highest BCUT2D eigenvalue weighted by atomic mass is 16.1. The first kappa shape index (κ1) is 9.24. The van der Waals surface area contributed by atoms with Crippen LogP contribution in [-0.2, 0) is 4.79 Å². The van der Waals surface area contributed by atoms with Gasteiger partial charge in [-0.15, -0.1) is 0 Å². The predicted molar refractivity (Wildman–Crippen MR) is 50.9 cm³/mol. The molecule has 0 amide bonds. The van der Waals surface area contributed by atoms with E-state index < -0.39 is 0 Å². The van der Waals surface area contributed by atoms with Crippen LogP contribution in [-0.4, -0.2) is 5.78 Å². The molecule has 12 heavy (non-hydrogen) atoms. The van der Waals surface area contributed by atoms with Crippen LogP contribution in [0.4, 0.5) is 0 Å². The number of Topliss-reactive ketones (excluding diaryl/α,β-unsaturated/α-hetero) is 1. The van der Waals surface area contributed by atoms with Gasteiger partial charge in [0.25, 0.3) is 0 Å². The zero-order chi connectivity index (χ0) is 9.35. The molecule has 0 N–H and O–H groups in total. The monoisotopic (exact) mass is 164 g/mol. The Morgan fingerprint density at radius 1 is 1.67 bits per heavy atom. The van der Waals surface area contributed by atoms with Crippen molar-refractivity contribution in [1.82, 2.24) is 0 Å². The molecule has 1 nitrogen and oxygen atoms in total. The van der Waals surface area contributed by atoms with E-state index >= 15 is 0 Å². The molecular formula is C11H16O. The van der Waals surface area contributed by atoms with E-state index in [1.807, 2.05) is 13.8 Å². The molecule has 1 atom stereocenters. The molecule has 1 aliphatic rings. The third-order valence-electron chi connectivity index (χ3n) is 2.82. The summed E-state index contributed by atoms with van der Waals surface area (Å²) in [5, 5.41) is 0. The molecule has 1 aliphatic carbocycles. The molecule has 0 bridgehead atoms. The minimum absolute atomic E-state index is 0.0536. The van der Waals surface area contributed by atoms with Gasteiger partial charge in [-0.05, 0) is 25.8 Å². The normalized spacial score (nSPS) is 29.9. The summed E-state index contributed by atoms with van der Waals surface area (Å²) in [4.78, 5) is 11.2. The van der Waals surface area contributed by atoms with Gasteiger partial charge in [0, 0.05) is 11.8 Å². The van der Waals surface area contributed by atoms with E-state index in [9.17, 15) is 4.79 Å². The Balaban J connectivity index is 2.99. The number of carbonyl (C=O) groups is 1. The van der Waals surface area contributed by atoms with Crippen LogP contribution in [0.2, 0.25) is 0 Å². The predicted octanol–water partition coefficient (Wildman–Crippen LogP) is 2.88.